The number of hydrogen-bond acceptors (Lipinski definition) is 4. The van der Waals surface area contributed by atoms with Crippen LogP contribution in [-0.4, -0.2) is 41.8 Å². The van der Waals surface area contributed by atoms with Crippen molar-refractivity contribution >= 4 is 18.0 Å². The minimum absolute atomic E-state index is 0.0349. The number of carbonyl (C=O) groups excluding carboxylic acids is 2. The average molecular weight is 479 g/mol. The summed E-state index contributed by atoms with van der Waals surface area (Å²) in [5, 5.41) is 15.0. The van der Waals surface area contributed by atoms with Gasteiger partial charge in [-0.15, -0.1) is 0 Å². The third kappa shape index (κ3) is 5.19. The number of fused-ring (bicyclic) bond motifs is 3. The molecular weight excluding hydrogens is 444 g/mol. The first-order chi connectivity index (χ1) is 16.8. The van der Waals surface area contributed by atoms with Crippen molar-refractivity contribution in [3.8, 4) is 11.1 Å². The van der Waals surface area contributed by atoms with E-state index in [9.17, 15) is 19.5 Å². The molecule has 3 atom stereocenters. The number of carboxylic acid groups (broad SMARTS) is 1. The van der Waals surface area contributed by atoms with E-state index in [0.29, 0.717) is 19.3 Å². The molecule has 4 rings (SSSR count). The van der Waals surface area contributed by atoms with E-state index in [4.69, 9.17) is 4.74 Å². The highest BCUT2D eigenvalue weighted by Gasteiger charge is 2.44. The first-order valence-corrected chi connectivity index (χ1v) is 12.5. The molecule has 2 aliphatic rings. The first-order valence-electron chi connectivity index (χ1n) is 12.5. The second-order valence-corrected chi connectivity index (χ2v) is 9.89. The van der Waals surface area contributed by atoms with Gasteiger partial charge in [0.15, 0.2) is 0 Å². The normalized spacial score (nSPS) is 21.9. The van der Waals surface area contributed by atoms with Crippen molar-refractivity contribution in [2.24, 2.45) is 11.8 Å². The lowest BCUT2D eigenvalue weighted by Crippen LogP contribution is -2.61. The minimum atomic E-state index is -1.10. The van der Waals surface area contributed by atoms with Crippen LogP contribution in [0.25, 0.3) is 11.1 Å². The van der Waals surface area contributed by atoms with Gasteiger partial charge in [0.05, 0.1) is 5.92 Å². The Bertz CT molecular complexity index is 1050. The summed E-state index contributed by atoms with van der Waals surface area (Å²) in [5.74, 6) is -1.75. The fourth-order valence-corrected chi connectivity index (χ4v) is 5.55. The quantitative estimate of drug-likeness (QED) is 0.510. The zero-order valence-electron chi connectivity index (χ0n) is 20.4. The number of benzene rings is 2. The zero-order valence-corrected chi connectivity index (χ0v) is 20.4. The summed E-state index contributed by atoms with van der Waals surface area (Å²) in [6, 6.07) is 16.3. The molecule has 3 unspecified atom stereocenters. The van der Waals surface area contributed by atoms with Gasteiger partial charge in [-0.2, -0.15) is 0 Å². The number of rotatable bonds is 8. The van der Waals surface area contributed by atoms with Gasteiger partial charge in [0, 0.05) is 12.5 Å². The van der Waals surface area contributed by atoms with E-state index in [2.05, 4.69) is 41.8 Å². The van der Waals surface area contributed by atoms with E-state index in [1.807, 2.05) is 24.3 Å². The van der Waals surface area contributed by atoms with E-state index < -0.39 is 23.5 Å². The summed E-state index contributed by atoms with van der Waals surface area (Å²) in [5.41, 5.74) is 3.45. The Morgan fingerprint density at radius 2 is 1.71 bits per heavy atom. The Kier molecular flexibility index (Phi) is 7.43. The van der Waals surface area contributed by atoms with E-state index in [1.165, 1.54) is 0 Å². The summed E-state index contributed by atoms with van der Waals surface area (Å²) < 4.78 is 5.71. The van der Waals surface area contributed by atoms with Crippen LogP contribution in [0.15, 0.2) is 48.5 Å². The number of hydrogen-bond donors (Lipinski definition) is 3. The number of carbonyl (C=O) groups is 3. The Balaban J connectivity index is 1.45. The second-order valence-electron chi connectivity index (χ2n) is 9.89. The molecule has 0 aliphatic heterocycles. The molecular formula is C28H34N2O5. The topological polar surface area (TPSA) is 105 Å². The molecule has 0 spiro atoms. The van der Waals surface area contributed by atoms with Crippen LogP contribution >= 0.6 is 0 Å². The van der Waals surface area contributed by atoms with E-state index in [-0.39, 0.29) is 30.9 Å². The van der Waals surface area contributed by atoms with Crippen molar-refractivity contribution in [1.29, 1.82) is 0 Å². The Labute approximate surface area is 206 Å². The largest absolute Gasteiger partial charge is 0.481 e. The van der Waals surface area contributed by atoms with Crippen LogP contribution < -0.4 is 10.6 Å². The van der Waals surface area contributed by atoms with Crippen molar-refractivity contribution in [3.63, 3.8) is 0 Å². The maximum atomic E-state index is 13.3. The molecule has 0 radical (unpaired) electrons. The number of amides is 2. The summed E-state index contributed by atoms with van der Waals surface area (Å²) in [4.78, 5) is 37.6. The molecule has 0 heterocycles. The summed E-state index contributed by atoms with van der Waals surface area (Å²) >= 11 is 0. The maximum absolute atomic E-state index is 13.3. The molecule has 2 aliphatic carbocycles. The van der Waals surface area contributed by atoms with Crippen molar-refractivity contribution in [2.75, 3.05) is 13.2 Å². The fourth-order valence-electron chi connectivity index (χ4n) is 5.55. The van der Waals surface area contributed by atoms with Crippen molar-refractivity contribution < 1.29 is 24.2 Å². The predicted octanol–water partition coefficient (Wildman–Crippen LogP) is 4.70. The van der Waals surface area contributed by atoms with Gasteiger partial charge in [-0.25, -0.2) is 4.79 Å². The first kappa shape index (κ1) is 24.8. The third-order valence-corrected chi connectivity index (χ3v) is 7.47. The molecule has 1 saturated carbocycles. The summed E-state index contributed by atoms with van der Waals surface area (Å²) in [7, 11) is 0. The fraction of sp³-hybridized carbons (Fsp3) is 0.464. The number of aliphatic carboxylic acids is 1. The molecule has 3 N–H and O–H groups in total. The monoisotopic (exact) mass is 478 g/mol. The van der Waals surface area contributed by atoms with Gasteiger partial charge in [-0.05, 0) is 47.4 Å². The van der Waals surface area contributed by atoms with E-state index in [1.54, 1.807) is 6.92 Å². The lowest BCUT2D eigenvalue weighted by molar-refractivity contribution is -0.142. The molecule has 35 heavy (non-hydrogen) atoms. The molecule has 2 aromatic carbocycles. The van der Waals surface area contributed by atoms with Crippen LogP contribution in [0.2, 0.25) is 0 Å². The standard InChI is InChI=1S/C28H34N2O5/c1-3-19(25(31)32)16-29-26(33)28(14-8-9-18(2)15-28)30-27(34)35-17-24-22-12-6-4-10-20(22)21-11-5-7-13-23(21)24/h4-7,10-13,18-19,24H,3,8-9,14-17H2,1-2H3,(H,29,33)(H,30,34)(H,31,32). The Morgan fingerprint density at radius 3 is 2.29 bits per heavy atom. The van der Waals surface area contributed by atoms with Gasteiger partial charge in [-0.3, -0.25) is 9.59 Å². The number of alkyl carbamates (subject to hydrolysis) is 1. The Hall–Kier alpha value is -3.35. The van der Waals surface area contributed by atoms with Gasteiger partial charge in [-0.1, -0.05) is 75.2 Å². The van der Waals surface area contributed by atoms with E-state index in [0.717, 1.165) is 35.1 Å². The lowest BCUT2D eigenvalue weighted by atomic mass is 9.75. The van der Waals surface area contributed by atoms with Gasteiger partial charge >= 0.3 is 12.1 Å². The highest BCUT2D eigenvalue weighted by atomic mass is 16.5. The van der Waals surface area contributed by atoms with Gasteiger partial charge in [0.2, 0.25) is 5.91 Å². The number of ether oxygens (including phenoxy) is 1. The van der Waals surface area contributed by atoms with Crippen LogP contribution in [-0.2, 0) is 14.3 Å². The second kappa shape index (κ2) is 10.5. The van der Waals surface area contributed by atoms with Crippen molar-refractivity contribution in [2.45, 2.75) is 57.4 Å². The zero-order chi connectivity index (χ0) is 25.0. The SMILES string of the molecule is CCC(CNC(=O)C1(NC(=O)OCC2c3ccccc3-c3ccccc32)CCCC(C)C1)C(=O)O. The van der Waals surface area contributed by atoms with Crippen molar-refractivity contribution in [3.05, 3.63) is 59.7 Å². The van der Waals surface area contributed by atoms with E-state index >= 15 is 0 Å². The van der Waals surface area contributed by atoms with Gasteiger partial charge in [0.25, 0.3) is 0 Å². The van der Waals surface area contributed by atoms with Crippen molar-refractivity contribution in [1.82, 2.24) is 10.6 Å². The lowest BCUT2D eigenvalue weighted by Gasteiger charge is -2.39. The molecule has 0 saturated heterocycles. The average Bonchev–Trinajstić information content (AvgIpc) is 3.16. The molecule has 186 valence electrons. The number of nitrogens with one attached hydrogen (secondary N) is 2. The van der Waals surface area contributed by atoms with Crippen LogP contribution in [0.1, 0.15) is 63.0 Å². The molecule has 0 bridgehead atoms. The molecule has 2 amide bonds. The molecule has 1 fully saturated rings. The van der Waals surface area contributed by atoms with Crippen LogP contribution in [0.5, 0.6) is 0 Å². The molecule has 2 aromatic rings. The molecule has 7 heteroatoms. The minimum Gasteiger partial charge on any atom is -0.481 e. The molecule has 7 nitrogen and oxygen atoms in total. The van der Waals surface area contributed by atoms with Crippen LogP contribution in [0.4, 0.5) is 4.79 Å². The summed E-state index contributed by atoms with van der Waals surface area (Å²) in [6.07, 6.45) is 2.56. The van der Waals surface area contributed by atoms with Gasteiger partial charge < -0.3 is 20.5 Å². The highest BCUT2D eigenvalue weighted by molar-refractivity contribution is 5.90. The van der Waals surface area contributed by atoms with Crippen LogP contribution in [0, 0.1) is 11.8 Å². The highest BCUT2D eigenvalue weighted by Crippen LogP contribution is 2.44. The van der Waals surface area contributed by atoms with Crippen LogP contribution in [0.3, 0.4) is 0 Å². The number of carboxylic acids is 1. The van der Waals surface area contributed by atoms with Gasteiger partial charge in [0.1, 0.15) is 12.1 Å². The Morgan fingerprint density at radius 1 is 1.09 bits per heavy atom. The predicted molar refractivity (Wildman–Crippen MR) is 133 cm³/mol. The third-order valence-electron chi connectivity index (χ3n) is 7.47. The summed E-state index contributed by atoms with van der Waals surface area (Å²) in [6.45, 7) is 4.04. The molecule has 0 aromatic heterocycles. The smallest absolute Gasteiger partial charge is 0.408 e. The maximum Gasteiger partial charge on any atom is 0.408 e.